The van der Waals surface area contributed by atoms with Crippen LogP contribution in [-0.2, 0) is 0 Å². The van der Waals surface area contributed by atoms with Crippen LogP contribution in [0.2, 0.25) is 0 Å². The first-order chi connectivity index (χ1) is 5.13. The maximum atomic E-state index is 12.8. The Morgan fingerprint density at radius 3 is 2.55 bits per heavy atom. The van der Waals surface area contributed by atoms with Gasteiger partial charge in [-0.3, -0.25) is 0 Å². The minimum Gasteiger partial charge on any atom is -0.206 e. The highest BCUT2D eigenvalue weighted by molar-refractivity contribution is 9.15. The maximum absolute atomic E-state index is 12.8. The van der Waals surface area contributed by atoms with Crippen LogP contribution in [0.25, 0.3) is 4.48 Å². The van der Waals surface area contributed by atoms with Gasteiger partial charge in [0.25, 0.3) is 0 Å². The van der Waals surface area contributed by atoms with E-state index in [-0.39, 0.29) is 5.82 Å². The van der Waals surface area contributed by atoms with Crippen molar-refractivity contribution < 1.29 is 4.39 Å². The molecule has 1 aromatic rings. The number of hydrogen-bond acceptors (Lipinski definition) is 0. The molecule has 0 saturated heterocycles. The van der Waals surface area contributed by atoms with Crippen molar-refractivity contribution in [3.05, 3.63) is 40.6 Å². The minimum atomic E-state index is -0.275. The van der Waals surface area contributed by atoms with E-state index in [0.717, 1.165) is 5.56 Å². The lowest BCUT2D eigenvalue weighted by atomic mass is 10.2. The lowest BCUT2D eigenvalue weighted by Gasteiger charge is -2.01. The molecule has 58 valence electrons. The fraction of sp³-hybridized carbons (Fsp3) is 0. The topological polar surface area (TPSA) is 0 Å². The molecule has 0 heterocycles. The van der Waals surface area contributed by atoms with Crippen molar-refractivity contribution in [1.82, 2.24) is 0 Å². The molecular formula is C8H5Br2F. The monoisotopic (exact) mass is 278 g/mol. The summed E-state index contributed by atoms with van der Waals surface area (Å²) in [5.41, 5.74) is 0.741. The zero-order valence-corrected chi connectivity index (χ0v) is 8.75. The third kappa shape index (κ3) is 1.91. The molecule has 0 bridgehead atoms. The smallest absolute Gasteiger partial charge is 0.138 e. The van der Waals surface area contributed by atoms with E-state index < -0.39 is 0 Å². The summed E-state index contributed by atoms with van der Waals surface area (Å²) in [6.45, 7) is 3.65. The lowest BCUT2D eigenvalue weighted by Crippen LogP contribution is -1.82. The van der Waals surface area contributed by atoms with Gasteiger partial charge in [0.2, 0.25) is 0 Å². The van der Waals surface area contributed by atoms with Crippen LogP contribution in [0.4, 0.5) is 4.39 Å². The largest absolute Gasteiger partial charge is 0.206 e. The number of benzene rings is 1. The molecule has 0 N–H and O–H groups in total. The number of halogens is 3. The van der Waals surface area contributed by atoms with Crippen LogP contribution in [0.1, 0.15) is 5.56 Å². The molecule has 0 aromatic heterocycles. The van der Waals surface area contributed by atoms with Crippen molar-refractivity contribution in [2.75, 3.05) is 0 Å². The molecule has 0 fully saturated rings. The van der Waals surface area contributed by atoms with E-state index >= 15 is 0 Å². The molecule has 0 amide bonds. The highest BCUT2D eigenvalue weighted by atomic mass is 79.9. The first kappa shape index (κ1) is 8.94. The fourth-order valence-electron chi connectivity index (χ4n) is 0.713. The van der Waals surface area contributed by atoms with E-state index in [4.69, 9.17) is 0 Å². The molecule has 0 saturated carbocycles. The quantitative estimate of drug-likeness (QED) is 0.730. The fourth-order valence-corrected chi connectivity index (χ4v) is 1.81. The highest BCUT2D eigenvalue weighted by Crippen LogP contribution is 2.28. The Bertz CT molecular complexity index is 294. The summed E-state index contributed by atoms with van der Waals surface area (Å²) < 4.78 is 13.9. The van der Waals surface area contributed by atoms with Gasteiger partial charge in [-0.25, -0.2) is 4.39 Å². The summed E-state index contributed by atoms with van der Waals surface area (Å²) >= 11 is 6.29. The Morgan fingerprint density at radius 2 is 2.09 bits per heavy atom. The van der Waals surface area contributed by atoms with Gasteiger partial charge in [-0.1, -0.05) is 34.6 Å². The molecule has 0 unspecified atom stereocenters. The zero-order valence-electron chi connectivity index (χ0n) is 5.57. The molecule has 0 atom stereocenters. The number of rotatable bonds is 1. The molecule has 3 heteroatoms. The predicted octanol–water partition coefficient (Wildman–Crippen LogP) is 3.95. The SMILES string of the molecule is C=C(Br)c1cccc(F)c1Br. The van der Waals surface area contributed by atoms with Crippen LogP contribution in [0.15, 0.2) is 29.3 Å². The third-order valence-corrected chi connectivity index (χ3v) is 2.48. The van der Waals surface area contributed by atoms with Gasteiger partial charge < -0.3 is 0 Å². The van der Waals surface area contributed by atoms with Crippen LogP contribution in [0, 0.1) is 5.82 Å². The second kappa shape index (κ2) is 3.50. The van der Waals surface area contributed by atoms with Gasteiger partial charge in [0, 0.05) is 10.0 Å². The Labute approximate surface area is 81.4 Å². The van der Waals surface area contributed by atoms with Crippen LogP contribution in [0.5, 0.6) is 0 Å². The molecule has 0 spiro atoms. The van der Waals surface area contributed by atoms with Gasteiger partial charge in [-0.15, -0.1) is 0 Å². The Balaban J connectivity index is 3.27. The van der Waals surface area contributed by atoms with Gasteiger partial charge in [-0.2, -0.15) is 0 Å². The zero-order chi connectivity index (χ0) is 8.43. The van der Waals surface area contributed by atoms with Crippen LogP contribution in [0.3, 0.4) is 0 Å². The van der Waals surface area contributed by atoms with Crippen LogP contribution in [-0.4, -0.2) is 0 Å². The summed E-state index contributed by atoms with van der Waals surface area (Å²) in [4.78, 5) is 0. The van der Waals surface area contributed by atoms with Crippen LogP contribution < -0.4 is 0 Å². The van der Waals surface area contributed by atoms with E-state index in [9.17, 15) is 4.39 Å². The minimum absolute atomic E-state index is 0.275. The van der Waals surface area contributed by atoms with Crippen molar-refractivity contribution in [2.45, 2.75) is 0 Å². The molecule has 0 radical (unpaired) electrons. The molecule has 0 nitrogen and oxygen atoms in total. The van der Waals surface area contributed by atoms with Gasteiger partial charge in [0.05, 0.1) is 4.47 Å². The molecule has 1 aromatic carbocycles. The molecule has 0 aliphatic heterocycles. The van der Waals surface area contributed by atoms with E-state index in [1.165, 1.54) is 6.07 Å². The normalized spacial score (nSPS) is 9.73. The summed E-state index contributed by atoms with van der Waals surface area (Å²) in [5, 5.41) is 0. The lowest BCUT2D eigenvalue weighted by molar-refractivity contribution is 0.620. The standard InChI is InChI=1S/C8H5Br2F/c1-5(9)6-3-2-4-7(11)8(6)10/h2-4H,1H2. The van der Waals surface area contributed by atoms with Crippen molar-refractivity contribution in [3.8, 4) is 0 Å². The van der Waals surface area contributed by atoms with Gasteiger partial charge in [0.1, 0.15) is 5.82 Å². The molecular weight excluding hydrogens is 275 g/mol. The third-order valence-electron chi connectivity index (χ3n) is 1.24. The van der Waals surface area contributed by atoms with Crippen molar-refractivity contribution in [2.24, 2.45) is 0 Å². The van der Waals surface area contributed by atoms with Gasteiger partial charge in [0.15, 0.2) is 0 Å². The second-order valence-electron chi connectivity index (χ2n) is 2.01. The summed E-state index contributed by atoms with van der Waals surface area (Å²) in [5.74, 6) is -0.275. The Morgan fingerprint density at radius 1 is 1.45 bits per heavy atom. The summed E-state index contributed by atoms with van der Waals surface area (Å²) in [6, 6.07) is 4.82. The summed E-state index contributed by atoms with van der Waals surface area (Å²) in [6.07, 6.45) is 0. The van der Waals surface area contributed by atoms with Gasteiger partial charge in [-0.05, 0) is 22.0 Å². The van der Waals surface area contributed by atoms with Crippen molar-refractivity contribution in [3.63, 3.8) is 0 Å². The van der Waals surface area contributed by atoms with Crippen LogP contribution >= 0.6 is 31.9 Å². The van der Waals surface area contributed by atoms with E-state index in [2.05, 4.69) is 38.4 Å². The van der Waals surface area contributed by atoms with Gasteiger partial charge >= 0.3 is 0 Å². The van der Waals surface area contributed by atoms with Crippen molar-refractivity contribution >= 4 is 36.3 Å². The van der Waals surface area contributed by atoms with E-state index in [0.29, 0.717) is 8.96 Å². The Hall–Kier alpha value is -0.150. The van der Waals surface area contributed by atoms with E-state index in [1.54, 1.807) is 12.1 Å². The second-order valence-corrected chi connectivity index (χ2v) is 3.76. The van der Waals surface area contributed by atoms with E-state index in [1.807, 2.05) is 0 Å². The predicted molar refractivity (Wildman–Crippen MR) is 52.1 cm³/mol. The molecule has 1 rings (SSSR count). The first-order valence-electron chi connectivity index (χ1n) is 2.91. The summed E-state index contributed by atoms with van der Waals surface area (Å²) in [7, 11) is 0. The first-order valence-corrected chi connectivity index (χ1v) is 4.50. The average molecular weight is 280 g/mol. The average Bonchev–Trinajstić information content (AvgIpc) is 1.94. The number of hydrogen-bond donors (Lipinski definition) is 0. The maximum Gasteiger partial charge on any atom is 0.138 e. The molecule has 0 aliphatic carbocycles. The molecule has 0 aliphatic rings. The Kier molecular flexibility index (Phi) is 2.84. The highest BCUT2D eigenvalue weighted by Gasteiger charge is 2.04. The van der Waals surface area contributed by atoms with Crippen molar-refractivity contribution in [1.29, 1.82) is 0 Å². The molecule has 11 heavy (non-hydrogen) atoms.